The van der Waals surface area contributed by atoms with E-state index >= 15 is 0 Å². The molecule has 0 amide bonds. The zero-order chi connectivity index (χ0) is 12.3. The van der Waals surface area contributed by atoms with Gasteiger partial charge in [0.25, 0.3) is 0 Å². The lowest BCUT2D eigenvalue weighted by atomic mass is 10.0. The number of benzene rings is 1. The van der Waals surface area contributed by atoms with Crippen LogP contribution in [0.5, 0.6) is 11.5 Å². The molecule has 1 N–H and O–H groups in total. The monoisotopic (exact) mass is 235 g/mol. The van der Waals surface area contributed by atoms with Gasteiger partial charge in [0.05, 0.1) is 14.2 Å². The molecule has 1 fully saturated rings. The van der Waals surface area contributed by atoms with Crippen LogP contribution in [0.1, 0.15) is 31.4 Å². The summed E-state index contributed by atoms with van der Waals surface area (Å²) in [5.74, 6) is 2.50. The quantitative estimate of drug-likeness (QED) is 0.822. The van der Waals surface area contributed by atoms with Crippen LogP contribution in [0, 0.1) is 5.92 Å². The van der Waals surface area contributed by atoms with Gasteiger partial charge < -0.3 is 14.8 Å². The van der Waals surface area contributed by atoms with Gasteiger partial charge in [0.1, 0.15) is 11.5 Å². The second-order valence-corrected chi connectivity index (χ2v) is 4.52. The highest BCUT2D eigenvalue weighted by molar-refractivity contribution is 5.40. The summed E-state index contributed by atoms with van der Waals surface area (Å²) in [6.45, 7) is 3.13. The summed E-state index contributed by atoms with van der Waals surface area (Å²) in [5, 5.41) is 3.55. The number of hydrogen-bond acceptors (Lipinski definition) is 3. The van der Waals surface area contributed by atoms with Gasteiger partial charge in [-0.15, -0.1) is 0 Å². The molecule has 2 rings (SSSR count). The third-order valence-corrected chi connectivity index (χ3v) is 3.25. The zero-order valence-electron chi connectivity index (χ0n) is 10.8. The zero-order valence-corrected chi connectivity index (χ0v) is 10.8. The van der Waals surface area contributed by atoms with Gasteiger partial charge >= 0.3 is 0 Å². The van der Waals surface area contributed by atoms with Gasteiger partial charge in [0.15, 0.2) is 0 Å². The molecule has 0 heterocycles. The molecule has 0 spiro atoms. The predicted octanol–water partition coefficient (Wildman–Crippen LogP) is 2.76. The predicted molar refractivity (Wildman–Crippen MR) is 68.7 cm³/mol. The van der Waals surface area contributed by atoms with Crippen molar-refractivity contribution in [3.05, 3.63) is 23.8 Å². The Bertz CT molecular complexity index is 352. The van der Waals surface area contributed by atoms with Crippen molar-refractivity contribution in [1.29, 1.82) is 0 Å². The molecule has 17 heavy (non-hydrogen) atoms. The van der Waals surface area contributed by atoms with Crippen molar-refractivity contribution >= 4 is 0 Å². The summed E-state index contributed by atoms with van der Waals surface area (Å²) in [4.78, 5) is 0. The topological polar surface area (TPSA) is 30.5 Å². The molecule has 0 aliphatic heterocycles. The first-order valence-corrected chi connectivity index (χ1v) is 6.24. The van der Waals surface area contributed by atoms with Crippen LogP contribution in [0.15, 0.2) is 18.2 Å². The van der Waals surface area contributed by atoms with Crippen LogP contribution < -0.4 is 14.8 Å². The fraction of sp³-hybridized carbons (Fsp3) is 0.571. The fourth-order valence-electron chi connectivity index (χ4n) is 2.22. The van der Waals surface area contributed by atoms with Gasteiger partial charge in [-0.2, -0.15) is 0 Å². The van der Waals surface area contributed by atoms with E-state index in [9.17, 15) is 0 Å². The Morgan fingerprint density at radius 3 is 2.18 bits per heavy atom. The summed E-state index contributed by atoms with van der Waals surface area (Å²) in [7, 11) is 3.38. The fourth-order valence-corrected chi connectivity index (χ4v) is 2.22. The van der Waals surface area contributed by atoms with E-state index in [1.54, 1.807) is 14.2 Å². The van der Waals surface area contributed by atoms with Crippen molar-refractivity contribution in [2.75, 3.05) is 20.8 Å². The molecular weight excluding hydrogens is 214 g/mol. The summed E-state index contributed by atoms with van der Waals surface area (Å²) in [6, 6.07) is 6.56. The molecule has 3 heteroatoms. The molecule has 0 bridgehead atoms. The lowest BCUT2D eigenvalue weighted by Crippen LogP contribution is -2.22. The van der Waals surface area contributed by atoms with Crippen LogP contribution in [0.4, 0.5) is 0 Å². The van der Waals surface area contributed by atoms with Gasteiger partial charge in [-0.1, -0.05) is 6.92 Å². The highest BCUT2D eigenvalue weighted by Crippen LogP contribution is 2.42. The second-order valence-electron chi connectivity index (χ2n) is 4.52. The molecule has 1 saturated carbocycles. The summed E-state index contributed by atoms with van der Waals surface area (Å²) in [5.41, 5.74) is 1.27. The van der Waals surface area contributed by atoms with Crippen LogP contribution in [0.3, 0.4) is 0 Å². The number of ether oxygens (including phenoxy) is 2. The van der Waals surface area contributed by atoms with E-state index in [0.29, 0.717) is 6.04 Å². The molecule has 1 aromatic rings. The summed E-state index contributed by atoms with van der Waals surface area (Å²) in [6.07, 6.45) is 2.63. The molecule has 0 saturated heterocycles. The standard InChI is InChI=1S/C14H21NO2/c1-4-15-14(10-5-6-10)11-7-12(16-2)9-13(8-11)17-3/h7-10,14-15H,4-6H2,1-3H3. The van der Waals surface area contributed by atoms with Crippen molar-refractivity contribution in [2.45, 2.75) is 25.8 Å². The van der Waals surface area contributed by atoms with E-state index < -0.39 is 0 Å². The van der Waals surface area contributed by atoms with Crippen molar-refractivity contribution < 1.29 is 9.47 Å². The molecular formula is C14H21NO2. The third kappa shape index (κ3) is 2.91. The molecule has 0 radical (unpaired) electrons. The largest absolute Gasteiger partial charge is 0.497 e. The van der Waals surface area contributed by atoms with Crippen molar-refractivity contribution in [3.8, 4) is 11.5 Å². The Hall–Kier alpha value is -1.22. The first-order chi connectivity index (χ1) is 8.28. The SMILES string of the molecule is CCNC(c1cc(OC)cc(OC)c1)C1CC1. The van der Waals surface area contributed by atoms with Gasteiger partial charge in [-0.3, -0.25) is 0 Å². The van der Waals surface area contributed by atoms with Crippen LogP contribution in [0.2, 0.25) is 0 Å². The molecule has 1 atom stereocenters. The van der Waals surface area contributed by atoms with Crippen LogP contribution in [-0.4, -0.2) is 20.8 Å². The van der Waals surface area contributed by atoms with Gasteiger partial charge in [0.2, 0.25) is 0 Å². The minimum absolute atomic E-state index is 0.434. The smallest absolute Gasteiger partial charge is 0.122 e. The van der Waals surface area contributed by atoms with E-state index in [-0.39, 0.29) is 0 Å². The Morgan fingerprint density at radius 2 is 1.76 bits per heavy atom. The molecule has 94 valence electrons. The lowest BCUT2D eigenvalue weighted by molar-refractivity contribution is 0.390. The summed E-state index contributed by atoms with van der Waals surface area (Å²) >= 11 is 0. The lowest BCUT2D eigenvalue weighted by Gasteiger charge is -2.19. The van der Waals surface area contributed by atoms with E-state index in [1.807, 2.05) is 6.07 Å². The van der Waals surface area contributed by atoms with E-state index in [1.165, 1.54) is 18.4 Å². The molecule has 1 aliphatic carbocycles. The first-order valence-electron chi connectivity index (χ1n) is 6.24. The van der Waals surface area contributed by atoms with Crippen LogP contribution in [-0.2, 0) is 0 Å². The Kier molecular flexibility index (Phi) is 3.89. The van der Waals surface area contributed by atoms with Crippen molar-refractivity contribution in [1.82, 2.24) is 5.32 Å². The van der Waals surface area contributed by atoms with Gasteiger partial charge in [0, 0.05) is 12.1 Å². The number of hydrogen-bond donors (Lipinski definition) is 1. The average Bonchev–Trinajstić information content (AvgIpc) is 3.19. The normalized spacial score (nSPS) is 16.6. The molecule has 0 aromatic heterocycles. The number of rotatable bonds is 6. The summed E-state index contributed by atoms with van der Waals surface area (Å²) < 4.78 is 10.6. The maximum atomic E-state index is 5.32. The average molecular weight is 235 g/mol. The maximum Gasteiger partial charge on any atom is 0.122 e. The van der Waals surface area contributed by atoms with E-state index in [0.717, 1.165) is 24.0 Å². The van der Waals surface area contributed by atoms with Gasteiger partial charge in [-0.25, -0.2) is 0 Å². The van der Waals surface area contributed by atoms with E-state index in [2.05, 4.69) is 24.4 Å². The highest BCUT2D eigenvalue weighted by atomic mass is 16.5. The third-order valence-electron chi connectivity index (χ3n) is 3.25. The molecule has 1 aromatic carbocycles. The maximum absolute atomic E-state index is 5.32. The minimum atomic E-state index is 0.434. The highest BCUT2D eigenvalue weighted by Gasteiger charge is 2.32. The Balaban J connectivity index is 2.27. The molecule has 1 unspecified atom stereocenters. The second kappa shape index (κ2) is 5.41. The number of methoxy groups -OCH3 is 2. The van der Waals surface area contributed by atoms with Crippen LogP contribution in [0.25, 0.3) is 0 Å². The Morgan fingerprint density at radius 1 is 1.18 bits per heavy atom. The molecule has 3 nitrogen and oxygen atoms in total. The van der Waals surface area contributed by atoms with Crippen LogP contribution >= 0.6 is 0 Å². The van der Waals surface area contributed by atoms with Crippen molar-refractivity contribution in [2.24, 2.45) is 5.92 Å². The number of nitrogens with one attached hydrogen (secondary N) is 1. The minimum Gasteiger partial charge on any atom is -0.497 e. The first kappa shape index (κ1) is 12.2. The van der Waals surface area contributed by atoms with Crippen molar-refractivity contribution in [3.63, 3.8) is 0 Å². The van der Waals surface area contributed by atoms with E-state index in [4.69, 9.17) is 9.47 Å². The Labute approximate surface area is 103 Å². The van der Waals surface area contributed by atoms with Gasteiger partial charge in [-0.05, 0) is 43.0 Å². The molecule has 1 aliphatic rings.